The van der Waals surface area contributed by atoms with Crippen LogP contribution < -0.4 is 10.2 Å². The largest absolute Gasteiger partial charge is 0.494 e. The molecule has 0 aromatic heterocycles. The summed E-state index contributed by atoms with van der Waals surface area (Å²) in [6.07, 6.45) is 3.56. The zero-order valence-electron chi connectivity index (χ0n) is 17.2. The van der Waals surface area contributed by atoms with Gasteiger partial charge >= 0.3 is 0 Å². The Morgan fingerprint density at radius 3 is 2.57 bits per heavy atom. The summed E-state index contributed by atoms with van der Waals surface area (Å²) in [5.74, 6) is 0.350. The quantitative estimate of drug-likeness (QED) is 0.516. The van der Waals surface area contributed by atoms with Gasteiger partial charge in [-0.15, -0.1) is 0 Å². The van der Waals surface area contributed by atoms with Crippen molar-refractivity contribution >= 4 is 22.1 Å². The van der Waals surface area contributed by atoms with Gasteiger partial charge in [-0.05, 0) is 68.1 Å². The first-order valence-corrected chi connectivity index (χ1v) is 11.5. The number of rotatable bonds is 8. The number of hydrazone groups is 1. The molecule has 1 heterocycles. The number of ether oxygens (including phenoxy) is 1. The first-order chi connectivity index (χ1) is 14.4. The van der Waals surface area contributed by atoms with Crippen LogP contribution in [0.5, 0.6) is 5.75 Å². The van der Waals surface area contributed by atoms with Crippen molar-refractivity contribution < 1.29 is 17.9 Å². The van der Waals surface area contributed by atoms with E-state index in [4.69, 9.17) is 4.74 Å². The van der Waals surface area contributed by atoms with Gasteiger partial charge in [-0.1, -0.05) is 24.6 Å². The lowest BCUT2D eigenvalue weighted by Gasteiger charge is -2.22. The summed E-state index contributed by atoms with van der Waals surface area (Å²) in [4.78, 5) is 12.8. The zero-order valence-corrected chi connectivity index (χ0v) is 18.1. The van der Waals surface area contributed by atoms with Gasteiger partial charge < -0.3 is 4.74 Å². The van der Waals surface area contributed by atoms with Crippen LogP contribution in [0.2, 0.25) is 0 Å². The molecule has 8 heteroatoms. The Balaban J connectivity index is 1.63. The predicted molar refractivity (Wildman–Crippen MR) is 116 cm³/mol. The van der Waals surface area contributed by atoms with E-state index in [1.54, 1.807) is 24.3 Å². The normalized spacial score (nSPS) is 17.3. The minimum Gasteiger partial charge on any atom is -0.494 e. The van der Waals surface area contributed by atoms with E-state index in [1.165, 1.54) is 10.5 Å². The molecule has 1 amide bonds. The van der Waals surface area contributed by atoms with E-state index in [1.807, 2.05) is 38.1 Å². The van der Waals surface area contributed by atoms with Crippen molar-refractivity contribution in [2.45, 2.75) is 44.0 Å². The Bertz CT molecular complexity index is 986. The molecule has 1 fully saturated rings. The summed E-state index contributed by atoms with van der Waals surface area (Å²) in [6, 6.07) is 13.2. The second-order valence-electron chi connectivity index (χ2n) is 7.24. The molecule has 160 valence electrons. The number of carbonyl (C=O) groups excluding carboxylic acids is 1. The zero-order chi connectivity index (χ0) is 21.6. The average molecular weight is 430 g/mol. The Morgan fingerprint density at radius 2 is 1.90 bits per heavy atom. The molecule has 1 N–H and O–H groups in total. The molecule has 1 saturated heterocycles. The highest BCUT2D eigenvalue weighted by Gasteiger charge is 2.39. The topological polar surface area (TPSA) is 88.1 Å². The van der Waals surface area contributed by atoms with Crippen LogP contribution in [0.25, 0.3) is 0 Å². The number of benzene rings is 2. The van der Waals surface area contributed by atoms with E-state index in [2.05, 4.69) is 10.5 Å². The average Bonchev–Trinajstić information content (AvgIpc) is 3.24. The SMILES string of the molecule is CCCOc1ccc(/C=N\NC(=O)[C@@H]2CCCN2S(=O)(=O)c2ccc(C)cc2)cc1. The van der Waals surface area contributed by atoms with Crippen molar-refractivity contribution in [3.63, 3.8) is 0 Å². The molecule has 0 aliphatic carbocycles. The molecule has 0 spiro atoms. The minimum absolute atomic E-state index is 0.196. The molecule has 1 aliphatic rings. The molecule has 2 aromatic carbocycles. The van der Waals surface area contributed by atoms with Crippen molar-refractivity contribution in [3.8, 4) is 5.75 Å². The summed E-state index contributed by atoms with van der Waals surface area (Å²) >= 11 is 0. The Labute approximate surface area is 177 Å². The van der Waals surface area contributed by atoms with Gasteiger partial charge in [0, 0.05) is 6.54 Å². The number of nitrogens with one attached hydrogen (secondary N) is 1. The van der Waals surface area contributed by atoms with Crippen molar-refractivity contribution in [2.75, 3.05) is 13.2 Å². The highest BCUT2D eigenvalue weighted by atomic mass is 32.2. The molecule has 0 radical (unpaired) electrons. The fourth-order valence-corrected chi connectivity index (χ4v) is 4.91. The van der Waals surface area contributed by atoms with Gasteiger partial charge in [0.05, 0.1) is 17.7 Å². The molecule has 0 saturated carbocycles. The smallest absolute Gasteiger partial charge is 0.258 e. The number of amides is 1. The predicted octanol–water partition coefficient (Wildman–Crippen LogP) is 3.09. The summed E-state index contributed by atoms with van der Waals surface area (Å²) in [7, 11) is -3.73. The first kappa shape index (κ1) is 22.0. The molecule has 3 rings (SSSR count). The lowest BCUT2D eigenvalue weighted by atomic mass is 10.2. The lowest BCUT2D eigenvalue weighted by molar-refractivity contribution is -0.124. The van der Waals surface area contributed by atoms with E-state index in [-0.39, 0.29) is 4.90 Å². The van der Waals surface area contributed by atoms with E-state index in [0.29, 0.717) is 26.0 Å². The van der Waals surface area contributed by atoms with E-state index in [9.17, 15) is 13.2 Å². The standard InChI is InChI=1S/C22H27N3O4S/c1-3-15-29-19-10-8-18(9-11-19)16-23-24-22(26)21-5-4-14-25(21)30(27,28)20-12-6-17(2)7-13-20/h6-13,16,21H,3-5,14-15H2,1-2H3,(H,24,26)/b23-16-/t21-/m0/s1. The van der Waals surface area contributed by atoms with Crippen molar-refractivity contribution in [2.24, 2.45) is 5.10 Å². The van der Waals surface area contributed by atoms with Gasteiger partial charge in [-0.3, -0.25) is 4.79 Å². The number of sulfonamides is 1. The van der Waals surface area contributed by atoms with Gasteiger partial charge in [-0.25, -0.2) is 13.8 Å². The van der Waals surface area contributed by atoms with Crippen LogP contribution in [0.4, 0.5) is 0 Å². The molecule has 1 aliphatic heterocycles. The first-order valence-electron chi connectivity index (χ1n) is 10.1. The van der Waals surface area contributed by atoms with Crippen LogP contribution in [-0.2, 0) is 14.8 Å². The van der Waals surface area contributed by atoms with Crippen LogP contribution in [0.1, 0.15) is 37.3 Å². The van der Waals surface area contributed by atoms with Gasteiger partial charge in [0.2, 0.25) is 10.0 Å². The van der Waals surface area contributed by atoms with Crippen molar-refractivity contribution in [1.29, 1.82) is 0 Å². The maximum Gasteiger partial charge on any atom is 0.258 e. The molecule has 0 bridgehead atoms. The second kappa shape index (κ2) is 9.86. The van der Waals surface area contributed by atoms with Crippen LogP contribution in [0.15, 0.2) is 58.5 Å². The third kappa shape index (κ3) is 5.25. The number of carbonyl (C=O) groups is 1. The summed E-state index contributed by atoms with van der Waals surface area (Å²) in [5.41, 5.74) is 4.25. The molecule has 30 heavy (non-hydrogen) atoms. The third-order valence-electron chi connectivity index (χ3n) is 4.88. The number of hydrogen-bond acceptors (Lipinski definition) is 5. The highest BCUT2D eigenvalue weighted by molar-refractivity contribution is 7.89. The van der Waals surface area contributed by atoms with Gasteiger partial charge in [0.25, 0.3) is 5.91 Å². The number of nitrogens with zero attached hydrogens (tertiary/aromatic N) is 2. The fourth-order valence-electron chi connectivity index (χ4n) is 3.25. The molecule has 2 aromatic rings. The molecular weight excluding hydrogens is 402 g/mol. The van der Waals surface area contributed by atoms with E-state index in [0.717, 1.165) is 23.3 Å². The summed E-state index contributed by atoms with van der Waals surface area (Å²) < 4.78 is 32.7. The maximum atomic E-state index is 13.0. The number of hydrogen-bond donors (Lipinski definition) is 1. The van der Waals surface area contributed by atoms with Crippen LogP contribution >= 0.6 is 0 Å². The van der Waals surface area contributed by atoms with Crippen molar-refractivity contribution in [1.82, 2.24) is 9.73 Å². The van der Waals surface area contributed by atoms with Gasteiger partial charge in [-0.2, -0.15) is 9.41 Å². The van der Waals surface area contributed by atoms with Crippen LogP contribution in [0.3, 0.4) is 0 Å². The van der Waals surface area contributed by atoms with Gasteiger partial charge in [0.15, 0.2) is 0 Å². The Morgan fingerprint density at radius 1 is 1.20 bits per heavy atom. The fraction of sp³-hybridized carbons (Fsp3) is 0.364. The summed E-state index contributed by atoms with van der Waals surface area (Å²) in [6.45, 7) is 4.91. The third-order valence-corrected chi connectivity index (χ3v) is 6.80. The molecule has 7 nitrogen and oxygen atoms in total. The maximum absolute atomic E-state index is 13.0. The van der Waals surface area contributed by atoms with Crippen molar-refractivity contribution in [3.05, 3.63) is 59.7 Å². The summed E-state index contributed by atoms with van der Waals surface area (Å²) in [5, 5.41) is 3.99. The highest BCUT2D eigenvalue weighted by Crippen LogP contribution is 2.26. The molecular formula is C22H27N3O4S. The Hall–Kier alpha value is -2.71. The molecule has 0 unspecified atom stereocenters. The minimum atomic E-state index is -3.73. The lowest BCUT2D eigenvalue weighted by Crippen LogP contribution is -2.44. The van der Waals surface area contributed by atoms with Crippen LogP contribution in [-0.4, -0.2) is 44.0 Å². The monoisotopic (exact) mass is 429 g/mol. The molecule has 1 atom stereocenters. The number of aryl methyl sites for hydroxylation is 1. The van der Waals surface area contributed by atoms with E-state index >= 15 is 0 Å². The van der Waals surface area contributed by atoms with E-state index < -0.39 is 22.0 Å². The van der Waals surface area contributed by atoms with Crippen LogP contribution in [0, 0.1) is 6.92 Å². The van der Waals surface area contributed by atoms with Gasteiger partial charge in [0.1, 0.15) is 11.8 Å². The second-order valence-corrected chi connectivity index (χ2v) is 9.13. The Kier molecular flexibility index (Phi) is 7.23.